The quantitative estimate of drug-likeness (QED) is 0.538. The van der Waals surface area contributed by atoms with E-state index in [4.69, 9.17) is 23.2 Å². The maximum Gasteiger partial charge on any atom is 0.455 e. The summed E-state index contributed by atoms with van der Waals surface area (Å²) in [5, 5.41) is 29.8. The lowest BCUT2D eigenvalue weighted by Gasteiger charge is -2.17. The second kappa shape index (κ2) is 8.03. The molecule has 0 radical (unpaired) electrons. The fraction of sp³-hybridized carbons (Fsp3) is 0.235. The number of ketones is 1. The van der Waals surface area contributed by atoms with Crippen molar-refractivity contribution in [2.75, 3.05) is 0 Å². The van der Waals surface area contributed by atoms with Crippen LogP contribution in [0.5, 0.6) is 5.75 Å². The first kappa shape index (κ1) is 18.8. The van der Waals surface area contributed by atoms with Crippen molar-refractivity contribution in [1.82, 2.24) is 0 Å². The van der Waals surface area contributed by atoms with Gasteiger partial charge >= 0.3 is 7.12 Å². The van der Waals surface area contributed by atoms with Crippen molar-refractivity contribution in [1.29, 1.82) is 0 Å². The maximum absolute atomic E-state index is 12.5. The maximum atomic E-state index is 12.5. The van der Waals surface area contributed by atoms with Gasteiger partial charge in [-0.3, -0.25) is 4.79 Å². The van der Waals surface area contributed by atoms with E-state index in [0.717, 1.165) is 0 Å². The van der Waals surface area contributed by atoms with Crippen LogP contribution in [0.25, 0.3) is 0 Å². The predicted octanol–water partition coefficient (Wildman–Crippen LogP) is 3.67. The van der Waals surface area contributed by atoms with Gasteiger partial charge in [-0.2, -0.15) is 0 Å². The van der Waals surface area contributed by atoms with Crippen LogP contribution < -0.4 is 0 Å². The molecule has 126 valence electrons. The molecule has 4 nitrogen and oxygen atoms in total. The molecular formula is C17H17BCl2O4. The molecular weight excluding hydrogens is 350 g/mol. The van der Waals surface area contributed by atoms with Crippen molar-refractivity contribution in [2.24, 2.45) is 0 Å². The average Bonchev–Trinajstić information content (AvgIpc) is 2.50. The standard InChI is InChI=1S/C17H17BCl2O4/c1-10-4-2-5-11(17(10)22)8-12(18(23)24)9-15(21)16-13(19)6-3-7-14(16)20/h2-7,12,22-24H,8-9H2,1H3. The molecule has 0 amide bonds. The zero-order chi connectivity index (χ0) is 17.9. The van der Waals surface area contributed by atoms with Gasteiger partial charge in [-0.15, -0.1) is 0 Å². The number of carbonyl (C=O) groups excluding carboxylic acids is 1. The smallest absolute Gasteiger partial charge is 0.455 e. The molecule has 0 spiro atoms. The minimum Gasteiger partial charge on any atom is -0.507 e. The van der Waals surface area contributed by atoms with Gasteiger partial charge in [0.25, 0.3) is 0 Å². The number of benzene rings is 2. The van der Waals surface area contributed by atoms with Crippen LogP contribution in [0.15, 0.2) is 36.4 Å². The van der Waals surface area contributed by atoms with E-state index in [1.165, 1.54) is 0 Å². The average molecular weight is 367 g/mol. The molecule has 0 aliphatic carbocycles. The van der Waals surface area contributed by atoms with Gasteiger partial charge in [0.2, 0.25) is 0 Å². The fourth-order valence-electron chi connectivity index (χ4n) is 2.55. The first-order chi connectivity index (χ1) is 11.3. The molecule has 1 unspecified atom stereocenters. The van der Waals surface area contributed by atoms with Crippen molar-refractivity contribution in [3.8, 4) is 5.75 Å². The molecule has 0 aromatic heterocycles. The van der Waals surface area contributed by atoms with Crippen LogP contribution in [0.1, 0.15) is 27.9 Å². The molecule has 3 N–H and O–H groups in total. The van der Waals surface area contributed by atoms with Crippen LogP contribution in [-0.4, -0.2) is 28.1 Å². The third-order valence-corrected chi connectivity index (χ3v) is 4.54. The molecule has 0 saturated carbocycles. The van der Waals surface area contributed by atoms with Crippen LogP contribution in [0.4, 0.5) is 0 Å². The van der Waals surface area contributed by atoms with Crippen molar-refractivity contribution in [2.45, 2.75) is 25.6 Å². The molecule has 2 aromatic carbocycles. The Labute approximate surface area is 150 Å². The number of aryl methyl sites for hydroxylation is 1. The zero-order valence-corrected chi connectivity index (χ0v) is 14.6. The highest BCUT2D eigenvalue weighted by molar-refractivity contribution is 6.44. The molecule has 1 atom stereocenters. The molecule has 2 aromatic rings. The summed E-state index contributed by atoms with van der Waals surface area (Å²) in [5.41, 5.74) is 1.39. The molecule has 24 heavy (non-hydrogen) atoms. The van der Waals surface area contributed by atoms with E-state index < -0.39 is 12.9 Å². The van der Waals surface area contributed by atoms with E-state index in [0.29, 0.717) is 11.1 Å². The lowest BCUT2D eigenvalue weighted by Crippen LogP contribution is -2.25. The Bertz CT molecular complexity index is 729. The largest absolute Gasteiger partial charge is 0.507 e. The number of Topliss-reactive ketones (excluding diaryl/α,β-unsaturated/α-hetero) is 1. The van der Waals surface area contributed by atoms with E-state index in [1.54, 1.807) is 43.3 Å². The van der Waals surface area contributed by atoms with Crippen molar-refractivity contribution in [3.63, 3.8) is 0 Å². The molecule has 7 heteroatoms. The van der Waals surface area contributed by atoms with Crippen LogP contribution in [0, 0.1) is 6.92 Å². The minimum atomic E-state index is -1.71. The second-order valence-corrected chi connectivity index (χ2v) is 6.50. The van der Waals surface area contributed by atoms with E-state index in [1.807, 2.05) is 0 Å². The summed E-state index contributed by atoms with van der Waals surface area (Å²) >= 11 is 12.0. The molecule has 0 aliphatic rings. The molecule has 0 saturated heterocycles. The van der Waals surface area contributed by atoms with E-state index >= 15 is 0 Å². The summed E-state index contributed by atoms with van der Waals surface area (Å²) in [6.45, 7) is 1.75. The number of carbonyl (C=O) groups is 1. The zero-order valence-electron chi connectivity index (χ0n) is 13.0. The summed E-state index contributed by atoms with van der Waals surface area (Å²) < 4.78 is 0. The van der Waals surface area contributed by atoms with Crippen LogP contribution in [0.3, 0.4) is 0 Å². The monoisotopic (exact) mass is 366 g/mol. The first-order valence-corrected chi connectivity index (χ1v) is 8.17. The van der Waals surface area contributed by atoms with Gasteiger partial charge in [-0.25, -0.2) is 0 Å². The van der Waals surface area contributed by atoms with Gasteiger partial charge in [0, 0.05) is 12.2 Å². The molecule has 0 aliphatic heterocycles. The third-order valence-electron chi connectivity index (χ3n) is 3.91. The third kappa shape index (κ3) is 4.30. The van der Waals surface area contributed by atoms with Gasteiger partial charge in [0.1, 0.15) is 5.75 Å². The van der Waals surface area contributed by atoms with E-state index in [9.17, 15) is 19.9 Å². The first-order valence-electron chi connectivity index (χ1n) is 7.42. The Kier molecular flexibility index (Phi) is 6.30. The number of hydrogen-bond acceptors (Lipinski definition) is 4. The van der Waals surface area contributed by atoms with Crippen LogP contribution in [-0.2, 0) is 6.42 Å². The summed E-state index contributed by atoms with van der Waals surface area (Å²) in [4.78, 5) is 12.5. The number of halogens is 2. The Hall–Kier alpha value is -1.53. The number of phenolic OH excluding ortho intramolecular Hbond substituents is 1. The van der Waals surface area contributed by atoms with Gasteiger partial charge < -0.3 is 15.2 Å². The molecule has 2 rings (SSSR count). The van der Waals surface area contributed by atoms with Gasteiger partial charge in [0.15, 0.2) is 5.78 Å². The molecule has 0 fully saturated rings. The number of hydrogen-bond donors (Lipinski definition) is 3. The van der Waals surface area contributed by atoms with Crippen LogP contribution in [0.2, 0.25) is 15.9 Å². The van der Waals surface area contributed by atoms with Gasteiger partial charge in [0.05, 0.1) is 15.6 Å². The molecule has 0 heterocycles. The van der Waals surface area contributed by atoms with Crippen molar-refractivity contribution >= 4 is 36.1 Å². The highest BCUT2D eigenvalue weighted by Gasteiger charge is 2.29. The highest BCUT2D eigenvalue weighted by Crippen LogP contribution is 2.32. The Morgan fingerprint density at radius 3 is 2.29 bits per heavy atom. The Morgan fingerprint density at radius 1 is 1.12 bits per heavy atom. The fourth-order valence-corrected chi connectivity index (χ4v) is 3.16. The van der Waals surface area contributed by atoms with Gasteiger partial charge in [-0.1, -0.05) is 47.5 Å². The Morgan fingerprint density at radius 2 is 1.71 bits per heavy atom. The van der Waals surface area contributed by atoms with Gasteiger partial charge in [-0.05, 0) is 36.6 Å². The minimum absolute atomic E-state index is 0.0892. The SMILES string of the molecule is Cc1cccc(CC(CC(=O)c2c(Cl)cccc2Cl)B(O)O)c1O. The second-order valence-electron chi connectivity index (χ2n) is 5.68. The number of aromatic hydroxyl groups is 1. The normalized spacial score (nSPS) is 12.0. The van der Waals surface area contributed by atoms with Crippen molar-refractivity contribution in [3.05, 3.63) is 63.1 Å². The summed E-state index contributed by atoms with van der Waals surface area (Å²) in [5.74, 6) is -1.08. The number of phenols is 1. The number of para-hydroxylation sites is 1. The number of rotatable bonds is 6. The molecule has 0 bridgehead atoms. The Balaban J connectivity index is 2.23. The van der Waals surface area contributed by atoms with Crippen LogP contribution >= 0.6 is 23.2 Å². The van der Waals surface area contributed by atoms with Crippen molar-refractivity contribution < 1.29 is 19.9 Å². The summed E-state index contributed by atoms with van der Waals surface area (Å²) in [7, 11) is -1.71. The topological polar surface area (TPSA) is 77.8 Å². The lowest BCUT2D eigenvalue weighted by atomic mass is 9.66. The highest BCUT2D eigenvalue weighted by atomic mass is 35.5. The lowest BCUT2D eigenvalue weighted by molar-refractivity contribution is 0.0976. The summed E-state index contributed by atoms with van der Waals surface area (Å²) in [6.07, 6.45) is -0.0203. The van der Waals surface area contributed by atoms with E-state index in [-0.39, 0.29) is 40.0 Å². The van der Waals surface area contributed by atoms with E-state index in [2.05, 4.69) is 0 Å². The summed E-state index contributed by atoms with van der Waals surface area (Å²) in [6, 6.07) is 9.93. The predicted molar refractivity (Wildman–Crippen MR) is 95.9 cm³/mol.